The second-order valence-corrected chi connectivity index (χ2v) is 3.21. The molecule has 0 heterocycles. The van der Waals surface area contributed by atoms with E-state index in [0.29, 0.717) is 5.75 Å². The third kappa shape index (κ3) is 3.59. The first-order valence-corrected chi connectivity index (χ1v) is 4.75. The molecule has 0 radical (unpaired) electrons. The number of ether oxygens (including phenoxy) is 1. The van der Waals surface area contributed by atoms with Gasteiger partial charge in [0.1, 0.15) is 5.75 Å². The number of amides is 1. The first-order valence-electron chi connectivity index (χ1n) is 4.75. The lowest BCUT2D eigenvalue weighted by molar-refractivity contribution is -0.122. The molecule has 4 heteroatoms. The average molecular weight is 209 g/mol. The lowest BCUT2D eigenvalue weighted by Gasteiger charge is -2.07. The van der Waals surface area contributed by atoms with Crippen LogP contribution in [0.1, 0.15) is 18.6 Å². The molecule has 82 valence electrons. The van der Waals surface area contributed by atoms with Crippen LogP contribution in [0.2, 0.25) is 0 Å². The van der Waals surface area contributed by atoms with Crippen molar-refractivity contribution >= 4 is 5.91 Å². The SMILES string of the molecule is CNC(=O)COc1ccc([C@H](C)O)cc1. The largest absolute Gasteiger partial charge is 0.484 e. The molecule has 0 saturated heterocycles. The fraction of sp³-hybridized carbons (Fsp3) is 0.364. The van der Waals surface area contributed by atoms with Crippen LogP contribution in [-0.2, 0) is 4.79 Å². The number of rotatable bonds is 4. The van der Waals surface area contributed by atoms with Crippen molar-refractivity contribution in [2.45, 2.75) is 13.0 Å². The molecular weight excluding hydrogens is 194 g/mol. The number of carbonyl (C=O) groups is 1. The van der Waals surface area contributed by atoms with Crippen molar-refractivity contribution in [1.29, 1.82) is 0 Å². The van der Waals surface area contributed by atoms with Gasteiger partial charge in [0.05, 0.1) is 6.10 Å². The van der Waals surface area contributed by atoms with Crippen LogP contribution in [0.15, 0.2) is 24.3 Å². The van der Waals surface area contributed by atoms with Crippen molar-refractivity contribution < 1.29 is 14.6 Å². The molecule has 4 nitrogen and oxygen atoms in total. The number of carbonyl (C=O) groups excluding carboxylic acids is 1. The van der Waals surface area contributed by atoms with Crippen molar-refractivity contribution in [3.05, 3.63) is 29.8 Å². The van der Waals surface area contributed by atoms with Crippen molar-refractivity contribution in [1.82, 2.24) is 5.32 Å². The molecule has 0 aliphatic rings. The fourth-order valence-corrected chi connectivity index (χ4v) is 1.06. The summed E-state index contributed by atoms with van der Waals surface area (Å²) in [5.41, 5.74) is 0.822. The summed E-state index contributed by atoms with van der Waals surface area (Å²) in [4.78, 5) is 10.9. The predicted molar refractivity (Wildman–Crippen MR) is 56.6 cm³/mol. The van der Waals surface area contributed by atoms with E-state index in [1.54, 1.807) is 38.2 Å². The Morgan fingerprint density at radius 3 is 2.53 bits per heavy atom. The van der Waals surface area contributed by atoms with Gasteiger partial charge in [-0.05, 0) is 24.6 Å². The van der Waals surface area contributed by atoms with E-state index in [0.717, 1.165) is 5.56 Å². The summed E-state index contributed by atoms with van der Waals surface area (Å²) in [7, 11) is 1.56. The molecule has 1 aromatic rings. The number of aliphatic hydroxyl groups excluding tert-OH is 1. The molecule has 0 saturated carbocycles. The van der Waals surface area contributed by atoms with E-state index in [1.807, 2.05) is 0 Å². The van der Waals surface area contributed by atoms with Crippen molar-refractivity contribution in [2.24, 2.45) is 0 Å². The van der Waals surface area contributed by atoms with Crippen molar-refractivity contribution in [3.8, 4) is 5.75 Å². The van der Waals surface area contributed by atoms with Crippen molar-refractivity contribution in [2.75, 3.05) is 13.7 Å². The monoisotopic (exact) mass is 209 g/mol. The standard InChI is InChI=1S/C11H15NO3/c1-8(13)9-3-5-10(6-4-9)15-7-11(14)12-2/h3-6,8,13H,7H2,1-2H3,(H,12,14)/t8-/m0/s1. The van der Waals surface area contributed by atoms with Gasteiger partial charge < -0.3 is 15.2 Å². The summed E-state index contributed by atoms with van der Waals surface area (Å²) in [6.07, 6.45) is -0.488. The third-order valence-electron chi connectivity index (χ3n) is 2.01. The van der Waals surface area contributed by atoms with E-state index in [-0.39, 0.29) is 12.5 Å². The van der Waals surface area contributed by atoms with Gasteiger partial charge in [-0.1, -0.05) is 12.1 Å². The molecule has 0 spiro atoms. The van der Waals surface area contributed by atoms with Gasteiger partial charge in [-0.25, -0.2) is 0 Å². The van der Waals surface area contributed by atoms with Gasteiger partial charge in [-0.15, -0.1) is 0 Å². The maximum absolute atomic E-state index is 10.9. The Balaban J connectivity index is 2.53. The van der Waals surface area contributed by atoms with Gasteiger partial charge >= 0.3 is 0 Å². The van der Waals surface area contributed by atoms with Crippen molar-refractivity contribution in [3.63, 3.8) is 0 Å². The number of aliphatic hydroxyl groups is 1. The summed E-state index contributed by atoms with van der Waals surface area (Å²) in [6.45, 7) is 1.70. The van der Waals surface area contributed by atoms with E-state index in [2.05, 4.69) is 5.32 Å². The highest BCUT2D eigenvalue weighted by Crippen LogP contribution is 2.16. The normalized spacial score (nSPS) is 11.9. The van der Waals surface area contributed by atoms with Crippen LogP contribution < -0.4 is 10.1 Å². The van der Waals surface area contributed by atoms with E-state index in [9.17, 15) is 9.90 Å². The second-order valence-electron chi connectivity index (χ2n) is 3.21. The van der Waals surface area contributed by atoms with Crippen LogP contribution in [0, 0.1) is 0 Å². The zero-order valence-corrected chi connectivity index (χ0v) is 8.86. The molecule has 0 aromatic heterocycles. The van der Waals surface area contributed by atoms with Gasteiger partial charge in [-0.2, -0.15) is 0 Å². The topological polar surface area (TPSA) is 58.6 Å². The highest BCUT2D eigenvalue weighted by atomic mass is 16.5. The Labute approximate surface area is 88.9 Å². The fourth-order valence-electron chi connectivity index (χ4n) is 1.06. The highest BCUT2D eigenvalue weighted by Gasteiger charge is 2.02. The maximum Gasteiger partial charge on any atom is 0.257 e. The molecule has 0 bridgehead atoms. The molecular formula is C11H15NO3. The number of nitrogens with one attached hydrogen (secondary N) is 1. The second kappa shape index (κ2) is 5.36. The van der Waals surface area contributed by atoms with E-state index < -0.39 is 6.10 Å². The van der Waals surface area contributed by atoms with E-state index in [1.165, 1.54) is 0 Å². The minimum Gasteiger partial charge on any atom is -0.484 e. The molecule has 15 heavy (non-hydrogen) atoms. The summed E-state index contributed by atoms with van der Waals surface area (Å²) >= 11 is 0. The first kappa shape index (κ1) is 11.5. The van der Waals surface area contributed by atoms with Gasteiger partial charge in [0.25, 0.3) is 5.91 Å². The molecule has 1 atom stereocenters. The van der Waals surface area contributed by atoms with Gasteiger partial charge in [0.15, 0.2) is 6.61 Å². The van der Waals surface area contributed by atoms with E-state index in [4.69, 9.17) is 4.74 Å². The summed E-state index contributed by atoms with van der Waals surface area (Å²) in [6, 6.07) is 6.99. The summed E-state index contributed by atoms with van der Waals surface area (Å²) in [5, 5.41) is 11.7. The first-order chi connectivity index (χ1) is 7.13. The molecule has 2 N–H and O–H groups in total. The molecule has 0 unspecified atom stereocenters. The van der Waals surface area contributed by atoms with Crippen LogP contribution in [-0.4, -0.2) is 24.7 Å². The lowest BCUT2D eigenvalue weighted by Crippen LogP contribution is -2.24. The quantitative estimate of drug-likeness (QED) is 0.773. The van der Waals surface area contributed by atoms with Gasteiger partial charge in [0, 0.05) is 7.05 Å². The maximum atomic E-state index is 10.9. The molecule has 0 aliphatic carbocycles. The lowest BCUT2D eigenvalue weighted by atomic mass is 10.1. The minimum atomic E-state index is -0.488. The Kier molecular flexibility index (Phi) is 4.12. The number of hydrogen-bond donors (Lipinski definition) is 2. The number of benzene rings is 1. The summed E-state index contributed by atoms with van der Waals surface area (Å²) in [5.74, 6) is 0.442. The Hall–Kier alpha value is -1.55. The molecule has 0 aliphatic heterocycles. The van der Waals surface area contributed by atoms with Crippen LogP contribution in [0.25, 0.3) is 0 Å². The Bertz CT molecular complexity index is 319. The van der Waals surface area contributed by atoms with Crippen LogP contribution in [0.3, 0.4) is 0 Å². The smallest absolute Gasteiger partial charge is 0.257 e. The van der Waals surface area contributed by atoms with Gasteiger partial charge in [-0.3, -0.25) is 4.79 Å². The molecule has 1 rings (SSSR count). The number of hydrogen-bond acceptors (Lipinski definition) is 3. The van der Waals surface area contributed by atoms with Crippen LogP contribution in [0.5, 0.6) is 5.75 Å². The third-order valence-corrected chi connectivity index (χ3v) is 2.01. The molecule has 1 aromatic carbocycles. The van der Waals surface area contributed by atoms with Crippen LogP contribution in [0.4, 0.5) is 0 Å². The van der Waals surface area contributed by atoms with Gasteiger partial charge in [0.2, 0.25) is 0 Å². The molecule has 0 fully saturated rings. The number of likely N-dealkylation sites (N-methyl/N-ethyl adjacent to an activating group) is 1. The highest BCUT2D eigenvalue weighted by molar-refractivity contribution is 5.77. The Morgan fingerprint density at radius 1 is 1.47 bits per heavy atom. The predicted octanol–water partition coefficient (Wildman–Crippen LogP) is 0.865. The minimum absolute atomic E-state index is 0.00449. The summed E-state index contributed by atoms with van der Waals surface area (Å²) < 4.78 is 5.20. The Morgan fingerprint density at radius 2 is 2.07 bits per heavy atom. The van der Waals surface area contributed by atoms with Crippen LogP contribution >= 0.6 is 0 Å². The zero-order valence-electron chi connectivity index (χ0n) is 8.86. The average Bonchev–Trinajstić information content (AvgIpc) is 2.26. The zero-order chi connectivity index (χ0) is 11.3. The van der Waals surface area contributed by atoms with E-state index >= 15 is 0 Å². The molecule has 1 amide bonds.